The summed E-state index contributed by atoms with van der Waals surface area (Å²) in [5.74, 6) is 0. The van der Waals surface area contributed by atoms with Crippen LogP contribution in [0.3, 0.4) is 0 Å². The predicted octanol–water partition coefficient (Wildman–Crippen LogP) is 7.11. The number of likely N-dealkylation sites (tertiary alicyclic amines) is 3. The number of rotatable bonds is 11. The molecule has 302 valence electrons. The average Bonchev–Trinajstić information content (AvgIpc) is 3.70. The van der Waals surface area contributed by atoms with E-state index in [1.807, 2.05) is 61.2 Å². The van der Waals surface area contributed by atoms with Crippen LogP contribution in [0.25, 0.3) is 0 Å². The van der Waals surface area contributed by atoms with E-state index in [2.05, 4.69) is 67.5 Å². The molecule has 8 nitrogen and oxygen atoms in total. The first-order valence-electron chi connectivity index (χ1n) is 19.6. The van der Waals surface area contributed by atoms with Gasteiger partial charge in [0, 0.05) is 50.0 Å². The van der Waals surface area contributed by atoms with E-state index < -0.39 is 0 Å². The molecule has 7 heterocycles. The SMILES string of the molecule is CC[N+](CC)(CC)Cc1ccc(Cl)nc1.Clc1ccc(CN2CCC2)cn1.Clc1ccc(CN2CCCC2)cn1.Clc1ccc(CN2CCCCC2)cn1.[Cl-]. The van der Waals surface area contributed by atoms with Crippen molar-refractivity contribution in [2.45, 2.75) is 85.5 Å². The third-order valence-electron chi connectivity index (χ3n) is 10.5. The number of halogens is 5. The maximum atomic E-state index is 5.77. The summed E-state index contributed by atoms with van der Waals surface area (Å²) < 4.78 is 1.11. The Labute approximate surface area is 356 Å². The molecule has 13 heteroatoms. The zero-order chi connectivity index (χ0) is 38.6. The monoisotopic (exact) mass is 850 g/mol. The van der Waals surface area contributed by atoms with Crippen molar-refractivity contribution in [1.82, 2.24) is 34.6 Å². The zero-order valence-electron chi connectivity index (χ0n) is 32.8. The standard InChI is InChI=1S/C12H20ClN2.C11H15ClN2.C10H13ClN2.C9H11ClN2.ClH/c1-4-15(5-2,6-3)10-11-7-8-12(13)14-9-11;12-11-5-4-10(8-13-11)9-14-6-2-1-3-7-14;11-10-4-3-9(7-12-10)8-13-5-1-2-6-13;10-9-3-2-8(6-11-9)7-12-4-1-5-12;/h7-9H,4-6,10H2,1-3H3;4-5,8H,1-3,6-7,9H2;3-4,7H,1-2,5-6,8H2;2-3,6H,1,4-5,7H2;1H/q+1;;;;/p-1. The number of piperidine rings is 1. The van der Waals surface area contributed by atoms with Gasteiger partial charge in [0.2, 0.25) is 0 Å². The molecule has 0 radical (unpaired) electrons. The second-order valence-electron chi connectivity index (χ2n) is 14.4. The van der Waals surface area contributed by atoms with Gasteiger partial charge in [0.05, 0.1) is 19.6 Å². The zero-order valence-corrected chi connectivity index (χ0v) is 36.6. The van der Waals surface area contributed by atoms with E-state index >= 15 is 0 Å². The van der Waals surface area contributed by atoms with E-state index in [1.165, 1.54) is 100 Å². The van der Waals surface area contributed by atoms with Crippen LogP contribution in [0.1, 0.15) is 81.5 Å². The molecule has 0 atom stereocenters. The summed E-state index contributed by atoms with van der Waals surface area (Å²) in [5.41, 5.74) is 5.03. The van der Waals surface area contributed by atoms with Gasteiger partial charge < -0.3 is 16.9 Å². The Kier molecular flexibility index (Phi) is 22.3. The molecule has 7 rings (SSSR count). The molecule has 0 bridgehead atoms. The van der Waals surface area contributed by atoms with Gasteiger partial charge in [-0.2, -0.15) is 0 Å². The van der Waals surface area contributed by atoms with Gasteiger partial charge in [-0.05, 0) is 139 Å². The minimum absolute atomic E-state index is 0. The molecule has 0 aliphatic carbocycles. The fourth-order valence-electron chi connectivity index (χ4n) is 6.77. The molecule has 0 N–H and O–H groups in total. The van der Waals surface area contributed by atoms with Crippen molar-refractivity contribution in [2.75, 3.05) is 58.9 Å². The van der Waals surface area contributed by atoms with E-state index in [1.54, 1.807) is 0 Å². The Morgan fingerprint density at radius 3 is 0.982 bits per heavy atom. The quantitative estimate of drug-likeness (QED) is 0.118. The Morgan fingerprint density at radius 1 is 0.436 bits per heavy atom. The highest BCUT2D eigenvalue weighted by Gasteiger charge is 2.21. The Bertz CT molecular complexity index is 1570. The maximum absolute atomic E-state index is 5.77. The van der Waals surface area contributed by atoms with Gasteiger partial charge in [-0.25, -0.2) is 19.9 Å². The molecular formula is C42H59Cl5N8. The molecule has 0 amide bonds. The molecule has 3 fully saturated rings. The van der Waals surface area contributed by atoms with Crippen LogP contribution in [0, 0.1) is 0 Å². The van der Waals surface area contributed by atoms with E-state index in [0.29, 0.717) is 20.6 Å². The average molecular weight is 853 g/mol. The topological polar surface area (TPSA) is 61.3 Å². The van der Waals surface area contributed by atoms with Gasteiger partial charge in [0.1, 0.15) is 27.2 Å². The third-order valence-corrected chi connectivity index (χ3v) is 11.4. The lowest BCUT2D eigenvalue weighted by atomic mass is 10.1. The smallest absolute Gasteiger partial charge is 0.129 e. The van der Waals surface area contributed by atoms with Crippen molar-refractivity contribution in [1.29, 1.82) is 0 Å². The molecule has 0 unspecified atom stereocenters. The largest absolute Gasteiger partial charge is 1.00 e. The van der Waals surface area contributed by atoms with Gasteiger partial charge in [-0.3, -0.25) is 14.7 Å². The molecule has 0 saturated carbocycles. The van der Waals surface area contributed by atoms with Crippen molar-refractivity contribution in [3.05, 3.63) is 116 Å². The normalized spacial score (nSPS) is 15.9. The van der Waals surface area contributed by atoms with Crippen molar-refractivity contribution in [3.8, 4) is 0 Å². The van der Waals surface area contributed by atoms with Crippen molar-refractivity contribution >= 4 is 46.4 Å². The highest BCUT2D eigenvalue weighted by atomic mass is 35.5. The predicted molar refractivity (Wildman–Crippen MR) is 226 cm³/mol. The minimum atomic E-state index is 0. The minimum Gasteiger partial charge on any atom is -1.00 e. The summed E-state index contributed by atoms with van der Waals surface area (Å²) in [7, 11) is 0. The van der Waals surface area contributed by atoms with Crippen LogP contribution in [0.4, 0.5) is 0 Å². The Morgan fingerprint density at radius 2 is 0.727 bits per heavy atom. The maximum Gasteiger partial charge on any atom is 0.129 e. The summed E-state index contributed by atoms with van der Waals surface area (Å²) in [6.45, 7) is 21.7. The number of pyridine rings is 4. The van der Waals surface area contributed by atoms with Crippen LogP contribution in [0.15, 0.2) is 73.3 Å². The molecule has 3 aliphatic rings. The van der Waals surface area contributed by atoms with E-state index in [4.69, 9.17) is 46.4 Å². The summed E-state index contributed by atoms with van der Waals surface area (Å²) in [6.07, 6.45) is 15.5. The van der Waals surface area contributed by atoms with Crippen LogP contribution in [-0.4, -0.2) is 98.0 Å². The highest BCUT2D eigenvalue weighted by molar-refractivity contribution is 6.30. The fraction of sp³-hybridized carbons (Fsp3) is 0.524. The van der Waals surface area contributed by atoms with Crippen molar-refractivity contribution in [2.24, 2.45) is 0 Å². The number of hydrogen-bond acceptors (Lipinski definition) is 7. The third kappa shape index (κ3) is 17.9. The van der Waals surface area contributed by atoms with Crippen LogP contribution in [0.5, 0.6) is 0 Å². The molecule has 0 aromatic carbocycles. The van der Waals surface area contributed by atoms with E-state index in [9.17, 15) is 0 Å². The van der Waals surface area contributed by atoms with Crippen LogP contribution < -0.4 is 12.4 Å². The number of aromatic nitrogens is 4. The summed E-state index contributed by atoms with van der Waals surface area (Å²) in [5, 5.41) is 2.29. The van der Waals surface area contributed by atoms with Crippen LogP contribution in [0.2, 0.25) is 20.6 Å². The lowest BCUT2D eigenvalue weighted by Gasteiger charge is -2.35. The Hall–Kier alpha value is -2.11. The molecule has 4 aromatic heterocycles. The van der Waals surface area contributed by atoms with E-state index in [-0.39, 0.29) is 12.4 Å². The molecular weight excluding hydrogens is 794 g/mol. The summed E-state index contributed by atoms with van der Waals surface area (Å²) >= 11 is 22.9. The second kappa shape index (κ2) is 26.0. The fourth-order valence-corrected chi connectivity index (χ4v) is 7.21. The second-order valence-corrected chi connectivity index (χ2v) is 15.9. The number of nitrogens with zero attached hydrogens (tertiary/aromatic N) is 8. The van der Waals surface area contributed by atoms with Gasteiger partial charge in [0.15, 0.2) is 0 Å². The van der Waals surface area contributed by atoms with Gasteiger partial charge in [0.25, 0.3) is 0 Å². The van der Waals surface area contributed by atoms with Gasteiger partial charge >= 0.3 is 0 Å². The lowest BCUT2D eigenvalue weighted by molar-refractivity contribution is -0.936. The molecule has 3 aliphatic heterocycles. The Balaban J connectivity index is 0.000000196. The number of hydrogen-bond donors (Lipinski definition) is 0. The van der Waals surface area contributed by atoms with Gasteiger partial charge in [-0.1, -0.05) is 71.0 Å². The lowest BCUT2D eigenvalue weighted by Crippen LogP contribution is -3.00. The molecule has 55 heavy (non-hydrogen) atoms. The summed E-state index contributed by atoms with van der Waals surface area (Å²) in [6, 6.07) is 15.6. The molecule has 0 spiro atoms. The van der Waals surface area contributed by atoms with E-state index in [0.717, 1.165) is 50.3 Å². The first-order chi connectivity index (χ1) is 26.2. The van der Waals surface area contributed by atoms with Crippen LogP contribution >= 0.6 is 46.4 Å². The first kappa shape index (κ1) is 47.3. The summed E-state index contributed by atoms with van der Waals surface area (Å²) in [4.78, 5) is 23.6. The van der Waals surface area contributed by atoms with Gasteiger partial charge in [-0.15, -0.1) is 0 Å². The first-order valence-corrected chi connectivity index (χ1v) is 21.1. The van der Waals surface area contributed by atoms with Crippen LogP contribution in [-0.2, 0) is 26.2 Å². The molecule has 3 saturated heterocycles. The number of quaternary nitrogens is 1. The molecule has 4 aromatic rings. The highest BCUT2D eigenvalue weighted by Crippen LogP contribution is 2.17. The van der Waals surface area contributed by atoms with Crippen molar-refractivity contribution < 1.29 is 16.9 Å². The van der Waals surface area contributed by atoms with Crippen molar-refractivity contribution in [3.63, 3.8) is 0 Å².